The molecule has 5 rings (SSSR count). The lowest BCUT2D eigenvalue weighted by Gasteiger charge is -2.26. The van der Waals surface area contributed by atoms with Crippen LogP contribution in [0, 0.1) is 11.8 Å². The second-order valence-corrected chi connectivity index (χ2v) is 8.24. The summed E-state index contributed by atoms with van der Waals surface area (Å²) in [5, 5.41) is 4.48. The maximum absolute atomic E-state index is 12.7. The van der Waals surface area contributed by atoms with Crippen molar-refractivity contribution in [1.82, 2.24) is 14.5 Å². The van der Waals surface area contributed by atoms with Gasteiger partial charge in [-0.25, -0.2) is 4.98 Å². The second kappa shape index (κ2) is 6.11. The predicted octanol–water partition coefficient (Wildman–Crippen LogP) is 3.90. The smallest absolute Gasteiger partial charge is 0.252 e. The van der Waals surface area contributed by atoms with Gasteiger partial charge in [0.05, 0.1) is 0 Å². The Bertz CT molecular complexity index is 839. The summed E-state index contributed by atoms with van der Waals surface area (Å²) in [5.74, 6) is 2.14. The van der Waals surface area contributed by atoms with Crippen LogP contribution in [0.3, 0.4) is 0 Å². The lowest BCUT2D eigenvalue weighted by Crippen LogP contribution is -2.29. The second-order valence-electron chi connectivity index (χ2n) is 8.24. The molecule has 3 fully saturated rings. The van der Waals surface area contributed by atoms with Gasteiger partial charge in [-0.2, -0.15) is 4.98 Å². The number of anilines is 1. The molecule has 0 spiro atoms. The fraction of sp³-hybridized carbons (Fsp3) is 0.650. The molecule has 2 aromatic heterocycles. The molecule has 0 saturated heterocycles. The molecule has 0 aromatic carbocycles. The number of rotatable bonds is 3. The summed E-state index contributed by atoms with van der Waals surface area (Å²) in [6, 6.07) is 4.35. The topological polar surface area (TPSA) is 59.8 Å². The lowest BCUT2D eigenvalue weighted by molar-refractivity contribution is 0.329. The summed E-state index contributed by atoms with van der Waals surface area (Å²) in [6.07, 6.45) is 13.2. The highest BCUT2D eigenvalue weighted by Crippen LogP contribution is 2.50. The minimum absolute atomic E-state index is 0.0902. The Balaban J connectivity index is 1.53. The molecule has 2 bridgehead atoms. The van der Waals surface area contributed by atoms with Gasteiger partial charge in [0.1, 0.15) is 5.65 Å². The number of hydrogen-bond acceptors (Lipinski definition) is 4. The summed E-state index contributed by atoms with van der Waals surface area (Å²) in [7, 11) is 0. The van der Waals surface area contributed by atoms with E-state index in [9.17, 15) is 4.79 Å². The molecule has 0 unspecified atom stereocenters. The zero-order chi connectivity index (χ0) is 16.8. The SMILES string of the molecule is O=c1ccc2cnc(NC3CCCCC3)nc2n1[C@H]1C[C@@H]2CC[C@H]1C2. The van der Waals surface area contributed by atoms with Crippen molar-refractivity contribution in [2.75, 3.05) is 5.32 Å². The third kappa shape index (κ3) is 2.74. The van der Waals surface area contributed by atoms with E-state index in [0.29, 0.717) is 23.9 Å². The van der Waals surface area contributed by atoms with Crippen molar-refractivity contribution in [2.45, 2.75) is 69.9 Å². The standard InChI is InChI=1S/C20H26N4O/c25-18-9-8-15-12-21-20(22-16-4-2-1-3-5-16)23-19(15)24(18)17-11-13-6-7-14(17)10-13/h8-9,12-14,16-17H,1-7,10-11H2,(H,21,22,23)/t13-,14+,17+/m1/s1. The van der Waals surface area contributed by atoms with Crippen LogP contribution in [-0.2, 0) is 0 Å². The largest absolute Gasteiger partial charge is 0.351 e. The summed E-state index contributed by atoms with van der Waals surface area (Å²) >= 11 is 0. The molecule has 5 heteroatoms. The van der Waals surface area contributed by atoms with Gasteiger partial charge in [0.25, 0.3) is 5.56 Å². The Labute approximate surface area is 147 Å². The van der Waals surface area contributed by atoms with Gasteiger partial charge >= 0.3 is 0 Å². The van der Waals surface area contributed by atoms with Crippen molar-refractivity contribution < 1.29 is 0 Å². The van der Waals surface area contributed by atoms with E-state index in [4.69, 9.17) is 4.98 Å². The van der Waals surface area contributed by atoms with Crippen LogP contribution < -0.4 is 10.9 Å². The quantitative estimate of drug-likeness (QED) is 0.922. The molecule has 25 heavy (non-hydrogen) atoms. The number of pyridine rings is 1. The molecule has 3 saturated carbocycles. The molecule has 0 amide bonds. The van der Waals surface area contributed by atoms with Crippen LogP contribution in [0.15, 0.2) is 23.1 Å². The van der Waals surface area contributed by atoms with Crippen LogP contribution in [0.4, 0.5) is 5.95 Å². The normalized spacial score (nSPS) is 29.4. The fourth-order valence-corrected chi connectivity index (χ4v) is 5.39. The summed E-state index contributed by atoms with van der Waals surface area (Å²) < 4.78 is 1.98. The third-order valence-corrected chi connectivity index (χ3v) is 6.64. The number of nitrogens with zero attached hydrogens (tertiary/aromatic N) is 3. The van der Waals surface area contributed by atoms with Gasteiger partial charge in [0, 0.05) is 29.7 Å². The van der Waals surface area contributed by atoms with E-state index in [-0.39, 0.29) is 5.56 Å². The Morgan fingerprint density at radius 1 is 1.04 bits per heavy atom. The Morgan fingerprint density at radius 2 is 1.92 bits per heavy atom. The van der Waals surface area contributed by atoms with Crippen molar-refractivity contribution in [2.24, 2.45) is 11.8 Å². The van der Waals surface area contributed by atoms with E-state index in [1.165, 1.54) is 51.4 Å². The molecule has 132 valence electrons. The minimum atomic E-state index is 0.0902. The van der Waals surface area contributed by atoms with Crippen LogP contribution in [0.25, 0.3) is 11.0 Å². The molecule has 2 heterocycles. The molecule has 3 aliphatic carbocycles. The predicted molar refractivity (Wildman–Crippen MR) is 98.8 cm³/mol. The van der Waals surface area contributed by atoms with Gasteiger partial charge in [0.15, 0.2) is 0 Å². The van der Waals surface area contributed by atoms with E-state index >= 15 is 0 Å². The van der Waals surface area contributed by atoms with Gasteiger partial charge in [-0.15, -0.1) is 0 Å². The van der Waals surface area contributed by atoms with Gasteiger partial charge in [-0.1, -0.05) is 25.7 Å². The summed E-state index contributed by atoms with van der Waals surface area (Å²) in [4.78, 5) is 22.0. The molecule has 3 aliphatic rings. The van der Waals surface area contributed by atoms with Crippen LogP contribution in [0.2, 0.25) is 0 Å². The first kappa shape index (κ1) is 15.4. The van der Waals surface area contributed by atoms with E-state index in [2.05, 4.69) is 10.3 Å². The van der Waals surface area contributed by atoms with E-state index < -0.39 is 0 Å². The number of hydrogen-bond donors (Lipinski definition) is 1. The van der Waals surface area contributed by atoms with Crippen molar-refractivity contribution in [3.8, 4) is 0 Å². The average Bonchev–Trinajstić information content (AvgIpc) is 3.26. The Hall–Kier alpha value is -1.91. The molecule has 2 aromatic rings. The highest BCUT2D eigenvalue weighted by atomic mass is 16.1. The van der Waals surface area contributed by atoms with E-state index in [0.717, 1.165) is 23.4 Å². The lowest BCUT2D eigenvalue weighted by atomic mass is 9.95. The Morgan fingerprint density at radius 3 is 2.68 bits per heavy atom. The van der Waals surface area contributed by atoms with Crippen LogP contribution >= 0.6 is 0 Å². The first-order valence-electron chi connectivity index (χ1n) is 9.93. The van der Waals surface area contributed by atoms with E-state index in [1.807, 2.05) is 16.8 Å². The van der Waals surface area contributed by atoms with E-state index in [1.54, 1.807) is 6.07 Å². The number of fused-ring (bicyclic) bond motifs is 3. The van der Waals surface area contributed by atoms with Gasteiger partial charge in [-0.05, 0) is 50.0 Å². The number of aromatic nitrogens is 3. The zero-order valence-corrected chi connectivity index (χ0v) is 14.7. The molecular weight excluding hydrogens is 312 g/mol. The number of nitrogens with one attached hydrogen (secondary N) is 1. The summed E-state index contributed by atoms with van der Waals surface area (Å²) in [5.41, 5.74) is 0.908. The molecule has 5 nitrogen and oxygen atoms in total. The average molecular weight is 338 g/mol. The maximum atomic E-state index is 12.7. The van der Waals surface area contributed by atoms with Crippen molar-refractivity contribution >= 4 is 17.0 Å². The van der Waals surface area contributed by atoms with Crippen LogP contribution in [0.5, 0.6) is 0 Å². The first-order valence-corrected chi connectivity index (χ1v) is 9.93. The summed E-state index contributed by atoms with van der Waals surface area (Å²) in [6.45, 7) is 0. The molecule has 0 aliphatic heterocycles. The highest BCUT2D eigenvalue weighted by molar-refractivity contribution is 5.75. The third-order valence-electron chi connectivity index (χ3n) is 6.64. The van der Waals surface area contributed by atoms with Gasteiger partial charge in [-0.3, -0.25) is 9.36 Å². The van der Waals surface area contributed by atoms with Gasteiger partial charge in [0.2, 0.25) is 5.95 Å². The Kier molecular flexibility index (Phi) is 3.75. The zero-order valence-electron chi connectivity index (χ0n) is 14.7. The maximum Gasteiger partial charge on any atom is 0.252 e. The van der Waals surface area contributed by atoms with Crippen LogP contribution in [-0.4, -0.2) is 20.6 Å². The van der Waals surface area contributed by atoms with Crippen molar-refractivity contribution in [3.63, 3.8) is 0 Å². The molecule has 3 atom stereocenters. The minimum Gasteiger partial charge on any atom is -0.351 e. The monoisotopic (exact) mass is 338 g/mol. The fourth-order valence-electron chi connectivity index (χ4n) is 5.39. The molecular formula is C20H26N4O. The molecule has 0 radical (unpaired) electrons. The highest BCUT2D eigenvalue weighted by Gasteiger charge is 2.41. The van der Waals surface area contributed by atoms with Crippen molar-refractivity contribution in [1.29, 1.82) is 0 Å². The van der Waals surface area contributed by atoms with Crippen molar-refractivity contribution in [3.05, 3.63) is 28.7 Å². The molecule has 1 N–H and O–H groups in total. The van der Waals surface area contributed by atoms with Crippen LogP contribution in [0.1, 0.15) is 63.8 Å². The van der Waals surface area contributed by atoms with Gasteiger partial charge < -0.3 is 5.32 Å². The first-order chi connectivity index (χ1) is 12.3.